The number of nitrogens with two attached hydrogens (primary N) is 1. The topological polar surface area (TPSA) is 88.6 Å². The molecule has 0 amide bonds. The van der Waals surface area contributed by atoms with Crippen LogP contribution in [-0.4, -0.2) is 40.4 Å². The van der Waals surface area contributed by atoms with Gasteiger partial charge in [-0.2, -0.15) is 0 Å². The Hall–Kier alpha value is -2.48. The molecule has 2 fully saturated rings. The number of hydrogen-bond donors (Lipinski definition) is 2. The lowest BCUT2D eigenvalue weighted by Crippen LogP contribution is -2.44. The van der Waals surface area contributed by atoms with E-state index < -0.39 is 40.5 Å². The molecular weight excluding hydrogens is 380 g/mol. The number of pyridine rings is 1. The van der Waals surface area contributed by atoms with Crippen molar-refractivity contribution in [3.05, 3.63) is 39.4 Å². The van der Waals surface area contributed by atoms with Gasteiger partial charge in [-0.05, 0) is 37.8 Å². The molecule has 1 saturated carbocycles. The van der Waals surface area contributed by atoms with Gasteiger partial charge >= 0.3 is 5.97 Å². The Labute approximate surface area is 166 Å². The smallest absolute Gasteiger partial charge is 0.341 e. The van der Waals surface area contributed by atoms with Gasteiger partial charge in [0.2, 0.25) is 5.43 Å². The van der Waals surface area contributed by atoms with Crippen LogP contribution >= 0.6 is 0 Å². The molecule has 29 heavy (non-hydrogen) atoms. The number of halogens is 2. The van der Waals surface area contributed by atoms with Crippen LogP contribution in [0.5, 0.6) is 0 Å². The molecule has 6 nitrogen and oxygen atoms in total. The van der Waals surface area contributed by atoms with Crippen LogP contribution in [0.15, 0.2) is 17.1 Å². The number of carbonyl (C=O) groups is 1. The molecule has 1 aliphatic heterocycles. The van der Waals surface area contributed by atoms with Crippen molar-refractivity contribution in [3.8, 4) is 0 Å². The molecule has 2 heterocycles. The Balaban J connectivity index is 1.97. The van der Waals surface area contributed by atoms with Gasteiger partial charge in [0.05, 0.1) is 17.2 Å². The summed E-state index contributed by atoms with van der Waals surface area (Å²) in [6, 6.07) is 0.543. The molecule has 2 aliphatic rings. The lowest BCUT2D eigenvalue weighted by atomic mass is 9.88. The highest BCUT2D eigenvalue weighted by atomic mass is 19.1. The van der Waals surface area contributed by atoms with Crippen molar-refractivity contribution in [1.29, 1.82) is 0 Å². The standard InChI is InChI=1S/C21H25F2N3O3/c1-4-11-7-25(9-21(11,3)24)18-10(2)17-12(5-15(18)23)19(27)13(20(28)29)8-26(17)16-6-14(16)22/h5,8,11,14,16H,4,6-7,9,24H2,1-3H3,(H,28,29). The summed E-state index contributed by atoms with van der Waals surface area (Å²) < 4.78 is 30.6. The normalized spacial score (nSPS) is 28.9. The first-order valence-electron chi connectivity index (χ1n) is 9.86. The molecule has 4 atom stereocenters. The summed E-state index contributed by atoms with van der Waals surface area (Å²) >= 11 is 0. The molecular formula is C21H25F2N3O3. The molecule has 4 rings (SSSR count). The molecule has 1 aliphatic carbocycles. The molecule has 1 saturated heterocycles. The molecule has 4 unspecified atom stereocenters. The number of hydrogen-bond acceptors (Lipinski definition) is 4. The maximum Gasteiger partial charge on any atom is 0.341 e. The fourth-order valence-electron chi connectivity index (χ4n) is 4.76. The minimum Gasteiger partial charge on any atom is -0.477 e. The highest BCUT2D eigenvalue weighted by Gasteiger charge is 2.42. The summed E-state index contributed by atoms with van der Waals surface area (Å²) in [5, 5.41) is 9.34. The van der Waals surface area contributed by atoms with E-state index in [1.54, 1.807) is 6.92 Å². The molecule has 0 radical (unpaired) electrons. The van der Waals surface area contributed by atoms with E-state index in [-0.39, 0.29) is 17.7 Å². The molecule has 2 aromatic rings. The van der Waals surface area contributed by atoms with E-state index in [0.29, 0.717) is 29.9 Å². The Bertz CT molecular complexity index is 1080. The van der Waals surface area contributed by atoms with Crippen LogP contribution in [0.4, 0.5) is 14.5 Å². The fraction of sp³-hybridized carbons (Fsp3) is 0.524. The molecule has 0 spiro atoms. The zero-order chi connectivity index (χ0) is 21.2. The number of rotatable bonds is 4. The summed E-state index contributed by atoms with van der Waals surface area (Å²) in [4.78, 5) is 26.1. The average Bonchev–Trinajstić information content (AvgIpc) is 3.27. The summed E-state index contributed by atoms with van der Waals surface area (Å²) in [6.45, 7) is 6.73. The molecule has 1 aromatic carbocycles. The van der Waals surface area contributed by atoms with E-state index in [1.165, 1.54) is 10.8 Å². The second-order valence-corrected chi connectivity index (χ2v) is 8.62. The maximum atomic E-state index is 15.2. The first kappa shape index (κ1) is 19.8. The molecule has 1 aromatic heterocycles. The van der Waals surface area contributed by atoms with Crippen molar-refractivity contribution < 1.29 is 18.7 Å². The van der Waals surface area contributed by atoms with Gasteiger partial charge in [0.15, 0.2) is 0 Å². The number of nitrogens with zero attached hydrogens (tertiary/aromatic N) is 2. The summed E-state index contributed by atoms with van der Waals surface area (Å²) in [7, 11) is 0. The fourth-order valence-corrected chi connectivity index (χ4v) is 4.76. The molecule has 156 valence electrons. The number of aromatic nitrogens is 1. The molecule has 8 heteroatoms. The van der Waals surface area contributed by atoms with Gasteiger partial charge in [-0.15, -0.1) is 0 Å². The van der Waals surface area contributed by atoms with Gasteiger partial charge in [-0.1, -0.05) is 6.92 Å². The van der Waals surface area contributed by atoms with Gasteiger partial charge in [0.1, 0.15) is 17.6 Å². The number of carboxylic acids is 1. The van der Waals surface area contributed by atoms with Gasteiger partial charge < -0.3 is 20.3 Å². The summed E-state index contributed by atoms with van der Waals surface area (Å²) in [6.07, 6.45) is 1.18. The lowest BCUT2D eigenvalue weighted by Gasteiger charge is -2.26. The highest BCUT2D eigenvalue weighted by molar-refractivity contribution is 5.95. The van der Waals surface area contributed by atoms with E-state index >= 15 is 4.39 Å². The monoisotopic (exact) mass is 405 g/mol. The van der Waals surface area contributed by atoms with Gasteiger partial charge in [0, 0.05) is 36.6 Å². The Morgan fingerprint density at radius 1 is 1.45 bits per heavy atom. The number of fused-ring (bicyclic) bond motifs is 1. The summed E-state index contributed by atoms with van der Waals surface area (Å²) in [5.74, 6) is -1.82. The number of carboxylic acid groups (broad SMARTS) is 1. The number of alkyl halides is 1. The number of anilines is 1. The van der Waals surface area contributed by atoms with Gasteiger partial charge in [-0.25, -0.2) is 13.6 Å². The van der Waals surface area contributed by atoms with Crippen LogP contribution in [0.1, 0.15) is 48.7 Å². The SMILES string of the molecule is CCC1CN(c2c(F)cc3c(=O)c(C(=O)O)cn(C4CC4F)c3c2C)CC1(C)N. The number of aryl methyl sites for hydroxylation is 1. The number of aromatic carboxylic acids is 1. The average molecular weight is 405 g/mol. The van der Waals surface area contributed by atoms with E-state index in [9.17, 15) is 19.1 Å². The van der Waals surface area contributed by atoms with Crippen molar-refractivity contribution in [3.63, 3.8) is 0 Å². The largest absolute Gasteiger partial charge is 0.477 e. The lowest BCUT2D eigenvalue weighted by molar-refractivity contribution is 0.0694. The van der Waals surface area contributed by atoms with Crippen LogP contribution in [-0.2, 0) is 0 Å². The zero-order valence-electron chi connectivity index (χ0n) is 16.7. The third-order valence-corrected chi connectivity index (χ3v) is 6.46. The van der Waals surface area contributed by atoms with Crippen LogP contribution in [0.25, 0.3) is 10.9 Å². The maximum absolute atomic E-state index is 15.2. The molecule has 3 N–H and O–H groups in total. The second kappa shape index (κ2) is 6.52. The van der Waals surface area contributed by atoms with Crippen LogP contribution in [0, 0.1) is 18.7 Å². The third-order valence-electron chi connectivity index (χ3n) is 6.46. The Kier molecular flexibility index (Phi) is 4.45. The highest BCUT2D eigenvalue weighted by Crippen LogP contribution is 2.43. The predicted octanol–water partition coefficient (Wildman–Crippen LogP) is 2.99. The van der Waals surface area contributed by atoms with Crippen LogP contribution < -0.4 is 16.1 Å². The van der Waals surface area contributed by atoms with Gasteiger partial charge in [0.25, 0.3) is 0 Å². The Morgan fingerprint density at radius 2 is 2.10 bits per heavy atom. The van der Waals surface area contributed by atoms with Crippen molar-refractivity contribution in [2.45, 2.75) is 51.4 Å². The van der Waals surface area contributed by atoms with Crippen molar-refractivity contribution in [2.24, 2.45) is 11.7 Å². The minimum atomic E-state index is -1.41. The van der Waals surface area contributed by atoms with Crippen molar-refractivity contribution in [2.75, 3.05) is 18.0 Å². The number of benzene rings is 1. The van der Waals surface area contributed by atoms with E-state index in [2.05, 4.69) is 0 Å². The van der Waals surface area contributed by atoms with Crippen molar-refractivity contribution in [1.82, 2.24) is 4.57 Å². The first-order chi connectivity index (χ1) is 13.6. The zero-order valence-corrected chi connectivity index (χ0v) is 16.7. The summed E-state index contributed by atoms with van der Waals surface area (Å²) in [5.41, 5.74) is 5.94. The predicted molar refractivity (Wildman–Crippen MR) is 107 cm³/mol. The first-order valence-corrected chi connectivity index (χ1v) is 9.86. The quantitative estimate of drug-likeness (QED) is 0.816. The van der Waals surface area contributed by atoms with Crippen LogP contribution in [0.3, 0.4) is 0 Å². The second-order valence-electron chi connectivity index (χ2n) is 8.62. The van der Waals surface area contributed by atoms with E-state index in [4.69, 9.17) is 5.73 Å². The van der Waals surface area contributed by atoms with E-state index in [0.717, 1.165) is 12.5 Å². The van der Waals surface area contributed by atoms with Crippen molar-refractivity contribution >= 4 is 22.6 Å². The minimum absolute atomic E-state index is 0.0375. The third kappa shape index (κ3) is 3.01. The van der Waals surface area contributed by atoms with Gasteiger partial charge in [-0.3, -0.25) is 4.79 Å². The Morgan fingerprint density at radius 3 is 2.62 bits per heavy atom. The molecule has 0 bridgehead atoms. The van der Waals surface area contributed by atoms with Crippen LogP contribution in [0.2, 0.25) is 0 Å². The van der Waals surface area contributed by atoms with E-state index in [1.807, 2.05) is 18.7 Å².